The summed E-state index contributed by atoms with van der Waals surface area (Å²) in [7, 11) is 0. The van der Waals surface area contributed by atoms with Crippen LogP contribution in [0.15, 0.2) is 34.8 Å². The van der Waals surface area contributed by atoms with Gasteiger partial charge in [0, 0.05) is 6.42 Å². The summed E-state index contributed by atoms with van der Waals surface area (Å²) < 4.78 is 0. The average Bonchev–Trinajstić information content (AvgIpc) is 2.72. The number of aliphatic hydroxyl groups excluding tert-OH is 2. The molecule has 0 saturated heterocycles. The molecule has 3 unspecified atom stereocenters. The van der Waals surface area contributed by atoms with Crippen molar-refractivity contribution < 1.29 is 10.2 Å². The molecule has 0 aromatic heterocycles. The van der Waals surface area contributed by atoms with Crippen LogP contribution >= 0.6 is 0 Å². The van der Waals surface area contributed by atoms with Gasteiger partial charge < -0.3 is 15.9 Å². The molecule has 0 heterocycles. The molecule has 3 heteroatoms. The van der Waals surface area contributed by atoms with E-state index < -0.39 is 0 Å². The van der Waals surface area contributed by atoms with Crippen molar-refractivity contribution in [3.8, 4) is 0 Å². The third-order valence-corrected chi connectivity index (χ3v) is 7.09. The van der Waals surface area contributed by atoms with Crippen molar-refractivity contribution in [1.82, 2.24) is 0 Å². The normalized spacial score (nSPS) is 44.5. The third kappa shape index (κ3) is 1.91. The Kier molecular flexibility index (Phi) is 3.19. The molecule has 0 amide bonds. The molecule has 4 N–H and O–H groups in total. The summed E-state index contributed by atoms with van der Waals surface area (Å²) >= 11 is 0. The van der Waals surface area contributed by atoms with Crippen molar-refractivity contribution in [2.24, 2.45) is 28.9 Å². The molecule has 0 bridgehead atoms. The number of fused-ring (bicyclic) bond motifs is 5. The van der Waals surface area contributed by atoms with E-state index in [9.17, 15) is 10.2 Å². The number of hydrogen-bond donors (Lipinski definition) is 3. The summed E-state index contributed by atoms with van der Waals surface area (Å²) in [5.41, 5.74) is 9.48. The molecule has 3 nitrogen and oxygen atoms in total. The van der Waals surface area contributed by atoms with Gasteiger partial charge in [-0.05, 0) is 78.9 Å². The number of nitrogens with two attached hydrogens (primary N) is 1. The minimum Gasteiger partial charge on any atom is -0.510 e. The van der Waals surface area contributed by atoms with Crippen LogP contribution in [0.1, 0.15) is 51.9 Å². The Morgan fingerprint density at radius 3 is 2.86 bits per heavy atom. The maximum absolute atomic E-state index is 10.4. The van der Waals surface area contributed by atoms with Crippen molar-refractivity contribution in [2.45, 2.75) is 58.0 Å². The van der Waals surface area contributed by atoms with Crippen LogP contribution in [0.25, 0.3) is 0 Å². The molecular formula is C19H27NO2. The molecule has 4 aliphatic carbocycles. The fourth-order valence-electron chi connectivity index (χ4n) is 5.76. The summed E-state index contributed by atoms with van der Waals surface area (Å²) in [6.07, 6.45) is 11.4. The van der Waals surface area contributed by atoms with E-state index in [1.54, 1.807) is 0 Å². The van der Waals surface area contributed by atoms with E-state index >= 15 is 0 Å². The molecule has 0 aromatic carbocycles. The van der Waals surface area contributed by atoms with Gasteiger partial charge in [0.25, 0.3) is 0 Å². The van der Waals surface area contributed by atoms with Crippen LogP contribution in [0.3, 0.4) is 0 Å². The van der Waals surface area contributed by atoms with Gasteiger partial charge >= 0.3 is 0 Å². The van der Waals surface area contributed by atoms with Crippen LogP contribution in [0.5, 0.6) is 0 Å². The van der Waals surface area contributed by atoms with Crippen LogP contribution in [-0.2, 0) is 0 Å². The highest BCUT2D eigenvalue weighted by Crippen LogP contribution is 2.60. The SMILES string of the molecule is C[C@]12CCC3C4=CC(N)=C(O)CC=C4CCC3C1CC[C@@H]2O. The molecule has 5 atom stereocenters. The lowest BCUT2D eigenvalue weighted by molar-refractivity contribution is -0.0305. The average molecular weight is 301 g/mol. The zero-order valence-electron chi connectivity index (χ0n) is 13.4. The maximum atomic E-state index is 10.4. The molecule has 22 heavy (non-hydrogen) atoms. The first-order valence-electron chi connectivity index (χ1n) is 8.77. The van der Waals surface area contributed by atoms with E-state index in [0.717, 1.165) is 25.7 Å². The van der Waals surface area contributed by atoms with E-state index in [0.29, 0.717) is 35.6 Å². The number of allylic oxidation sites excluding steroid dienone is 4. The predicted octanol–water partition coefficient (Wildman–Crippen LogP) is 3.57. The molecule has 4 rings (SSSR count). The molecule has 0 aromatic rings. The van der Waals surface area contributed by atoms with Crippen LogP contribution in [-0.4, -0.2) is 16.3 Å². The minimum atomic E-state index is -0.118. The highest BCUT2D eigenvalue weighted by atomic mass is 16.3. The van der Waals surface area contributed by atoms with E-state index in [-0.39, 0.29) is 11.5 Å². The Balaban J connectivity index is 1.70. The van der Waals surface area contributed by atoms with Crippen molar-refractivity contribution >= 4 is 0 Å². The van der Waals surface area contributed by atoms with Crippen molar-refractivity contribution in [3.63, 3.8) is 0 Å². The first-order valence-corrected chi connectivity index (χ1v) is 8.77. The lowest BCUT2D eigenvalue weighted by Crippen LogP contribution is -2.45. The Labute approximate surface area is 132 Å². The van der Waals surface area contributed by atoms with Gasteiger partial charge in [0.15, 0.2) is 0 Å². The summed E-state index contributed by atoms with van der Waals surface area (Å²) in [4.78, 5) is 0. The van der Waals surface area contributed by atoms with Gasteiger partial charge in [-0.1, -0.05) is 13.0 Å². The topological polar surface area (TPSA) is 66.5 Å². The Bertz CT molecular complexity index is 588. The fourth-order valence-corrected chi connectivity index (χ4v) is 5.76. The summed E-state index contributed by atoms with van der Waals surface area (Å²) in [6, 6.07) is 0. The molecule has 0 radical (unpaired) electrons. The third-order valence-electron chi connectivity index (χ3n) is 7.09. The molecule has 3 fully saturated rings. The minimum absolute atomic E-state index is 0.118. The Hall–Kier alpha value is -1.22. The van der Waals surface area contributed by atoms with Gasteiger partial charge in [-0.2, -0.15) is 0 Å². The molecule has 120 valence electrons. The summed E-state index contributed by atoms with van der Waals surface area (Å²) in [5, 5.41) is 20.4. The number of aliphatic hydroxyl groups is 2. The summed E-state index contributed by atoms with van der Waals surface area (Å²) in [5.74, 6) is 2.19. The number of hydrogen-bond acceptors (Lipinski definition) is 3. The second-order valence-electron chi connectivity index (χ2n) is 7.99. The standard InChI is InChI=1S/C19H27NO2/c1-19-9-8-12-13(15(19)5-7-18(19)22)4-2-11-3-6-17(21)16(20)10-14(11)12/h3,10,12-13,15,18,21-22H,2,4-9,20H2,1H3/t12?,13?,15?,18-,19-/m0/s1. The first kappa shape index (κ1) is 14.4. The Morgan fingerprint density at radius 2 is 2.05 bits per heavy atom. The van der Waals surface area contributed by atoms with Crippen LogP contribution < -0.4 is 5.73 Å². The van der Waals surface area contributed by atoms with Gasteiger partial charge in [-0.15, -0.1) is 0 Å². The second kappa shape index (κ2) is 4.89. The van der Waals surface area contributed by atoms with Crippen LogP contribution in [0.4, 0.5) is 0 Å². The molecule has 0 spiro atoms. The smallest absolute Gasteiger partial charge is 0.119 e. The monoisotopic (exact) mass is 301 g/mol. The molecule has 0 aliphatic heterocycles. The zero-order chi connectivity index (χ0) is 15.5. The maximum Gasteiger partial charge on any atom is 0.119 e. The van der Waals surface area contributed by atoms with Crippen LogP contribution in [0, 0.1) is 23.2 Å². The zero-order valence-corrected chi connectivity index (χ0v) is 13.4. The van der Waals surface area contributed by atoms with Crippen molar-refractivity contribution in [2.75, 3.05) is 0 Å². The highest BCUT2D eigenvalue weighted by Gasteiger charge is 2.54. The molecular weight excluding hydrogens is 274 g/mol. The summed E-state index contributed by atoms with van der Waals surface area (Å²) in [6.45, 7) is 2.30. The van der Waals surface area contributed by atoms with E-state index in [4.69, 9.17) is 5.73 Å². The van der Waals surface area contributed by atoms with Gasteiger partial charge in [-0.25, -0.2) is 0 Å². The fraction of sp³-hybridized carbons (Fsp3) is 0.684. The molecule has 4 aliphatic rings. The highest BCUT2D eigenvalue weighted by molar-refractivity contribution is 5.44. The van der Waals surface area contributed by atoms with Crippen molar-refractivity contribution in [3.05, 3.63) is 34.8 Å². The Morgan fingerprint density at radius 1 is 1.23 bits per heavy atom. The van der Waals surface area contributed by atoms with E-state index in [1.165, 1.54) is 24.0 Å². The predicted molar refractivity (Wildman–Crippen MR) is 86.9 cm³/mol. The van der Waals surface area contributed by atoms with E-state index in [2.05, 4.69) is 13.0 Å². The van der Waals surface area contributed by atoms with Gasteiger partial charge in [0.2, 0.25) is 0 Å². The quantitative estimate of drug-likeness (QED) is 0.641. The lowest BCUT2D eigenvalue weighted by Gasteiger charge is -2.50. The number of rotatable bonds is 0. The van der Waals surface area contributed by atoms with Gasteiger partial charge in [-0.3, -0.25) is 0 Å². The van der Waals surface area contributed by atoms with Gasteiger partial charge in [0.1, 0.15) is 5.76 Å². The largest absolute Gasteiger partial charge is 0.510 e. The lowest BCUT2D eigenvalue weighted by atomic mass is 9.54. The van der Waals surface area contributed by atoms with Gasteiger partial charge in [0.05, 0.1) is 11.8 Å². The van der Waals surface area contributed by atoms with Crippen molar-refractivity contribution in [1.29, 1.82) is 0 Å². The second-order valence-corrected chi connectivity index (χ2v) is 7.99. The first-order chi connectivity index (χ1) is 10.5. The van der Waals surface area contributed by atoms with Crippen LogP contribution in [0.2, 0.25) is 0 Å². The molecule has 3 saturated carbocycles. The van der Waals surface area contributed by atoms with E-state index in [1.807, 2.05) is 6.08 Å².